The third kappa shape index (κ3) is 4.60. The van der Waals surface area contributed by atoms with Gasteiger partial charge in [-0.2, -0.15) is 5.10 Å². The summed E-state index contributed by atoms with van der Waals surface area (Å²) in [6, 6.07) is 17.9. The van der Waals surface area contributed by atoms with Crippen LogP contribution in [0.15, 0.2) is 66.9 Å². The van der Waals surface area contributed by atoms with E-state index in [0.717, 1.165) is 36.6 Å². The van der Waals surface area contributed by atoms with Gasteiger partial charge in [0.15, 0.2) is 0 Å². The molecule has 0 bridgehead atoms. The lowest BCUT2D eigenvalue weighted by atomic mass is 10.1. The molecular weight excluding hydrogens is 376 g/mol. The molecule has 6 nitrogen and oxygen atoms in total. The lowest BCUT2D eigenvalue weighted by Gasteiger charge is -2.34. The lowest BCUT2D eigenvalue weighted by molar-refractivity contribution is 0.0651. The molecule has 1 N–H and O–H groups in total. The van der Waals surface area contributed by atoms with Crippen LogP contribution in [0.5, 0.6) is 5.75 Å². The van der Waals surface area contributed by atoms with Crippen LogP contribution < -0.4 is 4.74 Å². The third-order valence-corrected chi connectivity index (χ3v) is 5.38. The molecule has 1 aromatic heterocycles. The van der Waals surface area contributed by atoms with Crippen LogP contribution in [0.3, 0.4) is 0 Å². The molecule has 0 unspecified atom stereocenters. The second-order valence-electron chi connectivity index (χ2n) is 7.29. The number of ether oxygens (including phenoxy) is 1. The number of nitrogens with zero attached hydrogens (tertiary/aromatic N) is 3. The van der Waals surface area contributed by atoms with E-state index in [0.29, 0.717) is 18.7 Å². The number of carbonyl (C=O) groups is 1. The minimum absolute atomic E-state index is 0.0223. The first-order chi connectivity index (χ1) is 14.7. The van der Waals surface area contributed by atoms with Gasteiger partial charge < -0.3 is 9.64 Å². The van der Waals surface area contributed by atoms with Crippen molar-refractivity contribution in [2.45, 2.75) is 0 Å². The summed E-state index contributed by atoms with van der Waals surface area (Å²) in [6.45, 7) is 4.04. The smallest absolute Gasteiger partial charge is 0.257 e. The number of amides is 1. The van der Waals surface area contributed by atoms with Crippen molar-refractivity contribution >= 4 is 12.0 Å². The summed E-state index contributed by atoms with van der Waals surface area (Å²) in [5, 5.41) is 7.09. The summed E-state index contributed by atoms with van der Waals surface area (Å²) in [5.41, 5.74) is 3.48. The number of carbonyl (C=O) groups excluding carboxylic acids is 1. The van der Waals surface area contributed by atoms with Crippen LogP contribution in [0, 0.1) is 0 Å². The zero-order valence-electron chi connectivity index (χ0n) is 17.1. The molecule has 1 fully saturated rings. The number of aromatic nitrogens is 2. The van der Waals surface area contributed by atoms with E-state index in [4.69, 9.17) is 4.74 Å². The number of rotatable bonds is 6. The minimum Gasteiger partial charge on any atom is -0.497 e. The molecule has 30 heavy (non-hydrogen) atoms. The zero-order chi connectivity index (χ0) is 20.8. The predicted molar refractivity (Wildman–Crippen MR) is 118 cm³/mol. The summed E-state index contributed by atoms with van der Waals surface area (Å²) in [6.07, 6.45) is 5.95. The molecule has 3 aromatic rings. The molecule has 2 aromatic carbocycles. The number of hydrogen-bond donors (Lipinski definition) is 1. The van der Waals surface area contributed by atoms with Gasteiger partial charge in [0, 0.05) is 38.3 Å². The molecule has 0 radical (unpaired) electrons. The average molecular weight is 402 g/mol. The van der Waals surface area contributed by atoms with E-state index in [9.17, 15) is 4.79 Å². The van der Waals surface area contributed by atoms with Crippen LogP contribution in [0.2, 0.25) is 0 Å². The summed E-state index contributed by atoms with van der Waals surface area (Å²) >= 11 is 0. The molecular formula is C24H26N4O2. The van der Waals surface area contributed by atoms with Crippen LogP contribution in [0.4, 0.5) is 0 Å². The first-order valence-electron chi connectivity index (χ1n) is 10.2. The molecule has 0 aliphatic carbocycles. The summed E-state index contributed by atoms with van der Waals surface area (Å²) in [5.74, 6) is 0.803. The Kier molecular flexibility index (Phi) is 6.25. The number of hydrogen-bond acceptors (Lipinski definition) is 4. The maximum Gasteiger partial charge on any atom is 0.257 e. The van der Waals surface area contributed by atoms with Gasteiger partial charge in [-0.25, -0.2) is 0 Å². The standard InChI is InChI=1S/C24H26N4O2/c1-30-21-11-9-20(10-12-21)23-22(18-25-26-23)24(29)28-16-14-27(15-17-28)13-5-8-19-6-3-2-4-7-19/h2-12,18H,13-17H2,1H3,(H,25,26)/b8-5+. The molecule has 154 valence electrons. The van der Waals surface area contributed by atoms with Crippen LogP contribution in [0.1, 0.15) is 15.9 Å². The Morgan fingerprint density at radius 3 is 2.50 bits per heavy atom. The predicted octanol–water partition coefficient (Wildman–Crippen LogP) is 3.56. The van der Waals surface area contributed by atoms with Gasteiger partial charge in [0.05, 0.1) is 24.6 Å². The Hall–Kier alpha value is -3.38. The molecule has 2 heterocycles. The van der Waals surface area contributed by atoms with Crippen molar-refractivity contribution in [2.24, 2.45) is 0 Å². The largest absolute Gasteiger partial charge is 0.497 e. The first kappa shape index (κ1) is 19.9. The fraction of sp³-hybridized carbons (Fsp3) is 0.250. The summed E-state index contributed by atoms with van der Waals surface area (Å²) < 4.78 is 5.21. The van der Waals surface area contributed by atoms with E-state index in [1.807, 2.05) is 47.4 Å². The van der Waals surface area contributed by atoms with Crippen molar-refractivity contribution in [3.63, 3.8) is 0 Å². The van der Waals surface area contributed by atoms with Crippen molar-refractivity contribution in [3.05, 3.63) is 78.0 Å². The Bertz CT molecular complexity index is 988. The molecule has 0 saturated carbocycles. The molecule has 0 spiro atoms. The van der Waals surface area contributed by atoms with Crippen molar-refractivity contribution in [1.29, 1.82) is 0 Å². The van der Waals surface area contributed by atoms with E-state index >= 15 is 0 Å². The van der Waals surface area contributed by atoms with E-state index in [1.54, 1.807) is 13.3 Å². The fourth-order valence-electron chi connectivity index (χ4n) is 3.63. The normalized spacial score (nSPS) is 14.9. The number of piperazine rings is 1. The van der Waals surface area contributed by atoms with Gasteiger partial charge in [-0.1, -0.05) is 42.5 Å². The Morgan fingerprint density at radius 2 is 1.80 bits per heavy atom. The van der Waals surface area contributed by atoms with Gasteiger partial charge in [0.25, 0.3) is 5.91 Å². The molecule has 1 aliphatic heterocycles. The topological polar surface area (TPSA) is 61.5 Å². The Morgan fingerprint density at radius 1 is 1.07 bits per heavy atom. The van der Waals surface area contributed by atoms with E-state index in [1.165, 1.54) is 5.56 Å². The molecule has 0 atom stereocenters. The van der Waals surface area contributed by atoms with E-state index in [2.05, 4.69) is 39.4 Å². The van der Waals surface area contributed by atoms with Gasteiger partial charge in [0.1, 0.15) is 5.75 Å². The fourth-order valence-corrected chi connectivity index (χ4v) is 3.63. The molecule has 1 saturated heterocycles. The number of nitrogens with one attached hydrogen (secondary N) is 1. The minimum atomic E-state index is 0.0223. The van der Waals surface area contributed by atoms with E-state index in [-0.39, 0.29) is 5.91 Å². The zero-order valence-corrected chi connectivity index (χ0v) is 17.1. The highest BCUT2D eigenvalue weighted by atomic mass is 16.5. The summed E-state index contributed by atoms with van der Waals surface area (Å²) in [4.78, 5) is 17.4. The van der Waals surface area contributed by atoms with Gasteiger partial charge in [-0.05, 0) is 29.8 Å². The molecule has 1 aliphatic rings. The van der Waals surface area contributed by atoms with Gasteiger partial charge >= 0.3 is 0 Å². The highest BCUT2D eigenvalue weighted by molar-refractivity contribution is 5.99. The van der Waals surface area contributed by atoms with Crippen molar-refractivity contribution in [2.75, 3.05) is 39.8 Å². The number of benzene rings is 2. The van der Waals surface area contributed by atoms with Crippen LogP contribution in [-0.4, -0.2) is 65.7 Å². The van der Waals surface area contributed by atoms with Crippen molar-refractivity contribution in [3.8, 4) is 17.0 Å². The SMILES string of the molecule is COc1ccc(-c2[nH]ncc2C(=O)N2CCN(C/C=C/c3ccccc3)CC2)cc1. The first-order valence-corrected chi connectivity index (χ1v) is 10.2. The Balaban J connectivity index is 1.35. The van der Waals surface area contributed by atoms with Crippen LogP contribution in [0.25, 0.3) is 17.3 Å². The third-order valence-electron chi connectivity index (χ3n) is 5.38. The number of aromatic amines is 1. The maximum atomic E-state index is 13.1. The average Bonchev–Trinajstić information content (AvgIpc) is 3.30. The van der Waals surface area contributed by atoms with Gasteiger partial charge in [0.2, 0.25) is 0 Å². The lowest BCUT2D eigenvalue weighted by Crippen LogP contribution is -2.48. The second-order valence-corrected chi connectivity index (χ2v) is 7.29. The highest BCUT2D eigenvalue weighted by Crippen LogP contribution is 2.25. The molecule has 6 heteroatoms. The van der Waals surface area contributed by atoms with Gasteiger partial charge in [-0.15, -0.1) is 0 Å². The van der Waals surface area contributed by atoms with Crippen molar-refractivity contribution in [1.82, 2.24) is 20.0 Å². The maximum absolute atomic E-state index is 13.1. The number of H-pyrrole nitrogens is 1. The number of methoxy groups -OCH3 is 1. The molecule has 1 amide bonds. The van der Waals surface area contributed by atoms with Crippen LogP contribution >= 0.6 is 0 Å². The van der Waals surface area contributed by atoms with E-state index < -0.39 is 0 Å². The Labute approximate surface area is 176 Å². The summed E-state index contributed by atoms with van der Waals surface area (Å²) in [7, 11) is 1.64. The highest BCUT2D eigenvalue weighted by Gasteiger charge is 2.25. The monoisotopic (exact) mass is 402 g/mol. The quantitative estimate of drug-likeness (QED) is 0.685. The van der Waals surface area contributed by atoms with Crippen LogP contribution in [-0.2, 0) is 0 Å². The second kappa shape index (κ2) is 9.41. The molecule has 4 rings (SSSR count). The van der Waals surface area contributed by atoms with Crippen molar-refractivity contribution < 1.29 is 9.53 Å². The van der Waals surface area contributed by atoms with Gasteiger partial charge in [-0.3, -0.25) is 14.8 Å².